The molecule has 3 unspecified atom stereocenters. The molecule has 2 N–H and O–H groups in total. The number of fused-ring (bicyclic) bond motifs is 1. The molecule has 4 rings (SSSR count). The molecule has 1 saturated carbocycles. The van der Waals surface area contributed by atoms with Gasteiger partial charge in [0.1, 0.15) is 11.0 Å². The van der Waals surface area contributed by atoms with Crippen LogP contribution in [0, 0.1) is 5.92 Å². The first kappa shape index (κ1) is 19.3. The highest BCUT2D eigenvalue weighted by Gasteiger charge is 2.52. The Balaban J connectivity index is 1.98. The number of halogens is 3. The Labute approximate surface area is 157 Å². The van der Waals surface area contributed by atoms with Crippen LogP contribution in [0.5, 0.6) is 0 Å². The fourth-order valence-corrected chi connectivity index (χ4v) is 4.44. The molecule has 0 spiro atoms. The molecule has 3 aliphatic rings. The van der Waals surface area contributed by atoms with Gasteiger partial charge in [-0.05, 0) is 25.3 Å². The molecule has 0 bridgehead atoms. The van der Waals surface area contributed by atoms with E-state index in [1.54, 1.807) is 6.92 Å². The first-order valence-corrected chi connectivity index (χ1v) is 9.22. The number of aromatic amines is 1. The molecule has 3 atom stereocenters. The minimum atomic E-state index is -3.16. The Morgan fingerprint density at radius 2 is 2.00 bits per heavy atom. The van der Waals surface area contributed by atoms with Gasteiger partial charge in [0.25, 0.3) is 11.5 Å². The fraction of sp³-hybridized carbons (Fsp3) is 0.667. The normalized spacial score (nSPS) is 29.9. The van der Waals surface area contributed by atoms with Crippen LogP contribution < -0.4 is 21.8 Å². The molecule has 2 aliphatic carbocycles. The molecule has 0 aromatic carbocycles. The van der Waals surface area contributed by atoms with Crippen LogP contribution in [0.3, 0.4) is 0 Å². The van der Waals surface area contributed by atoms with Crippen molar-refractivity contribution in [3.63, 3.8) is 0 Å². The summed E-state index contributed by atoms with van der Waals surface area (Å²) in [7, 11) is 1.21. The maximum Gasteiger partial charge on any atom is 0.329 e. The van der Waals surface area contributed by atoms with Crippen molar-refractivity contribution in [2.24, 2.45) is 5.92 Å². The van der Waals surface area contributed by atoms with E-state index in [1.807, 2.05) is 0 Å². The van der Waals surface area contributed by atoms with Gasteiger partial charge in [-0.2, -0.15) is 0 Å². The quantitative estimate of drug-likeness (QED) is 0.681. The van der Waals surface area contributed by atoms with Crippen molar-refractivity contribution >= 4 is 11.3 Å². The number of aliphatic hydroxyl groups excluding tert-OH is 1. The van der Waals surface area contributed by atoms with Gasteiger partial charge in [0.15, 0.2) is 6.17 Å². The van der Waals surface area contributed by atoms with Crippen molar-refractivity contribution in [3.05, 3.63) is 31.4 Å². The summed E-state index contributed by atoms with van der Waals surface area (Å²) in [6.45, 7) is -0.0697. The smallest absolute Gasteiger partial charge is 0.329 e. The molecule has 0 amide bonds. The summed E-state index contributed by atoms with van der Waals surface area (Å²) < 4.78 is 50.4. The highest BCUT2D eigenvalue weighted by molar-refractivity contribution is 5.61. The largest absolute Gasteiger partial charge is 0.497 e. The summed E-state index contributed by atoms with van der Waals surface area (Å²) in [6.07, 6.45) is -0.366. The van der Waals surface area contributed by atoms with Crippen molar-refractivity contribution in [1.82, 2.24) is 14.5 Å². The third kappa shape index (κ3) is 2.73. The number of hydrogen-bond donors (Lipinski definition) is 2. The lowest BCUT2D eigenvalue weighted by Gasteiger charge is -2.34. The molecular weight excluding hydrogens is 379 g/mol. The van der Waals surface area contributed by atoms with Gasteiger partial charge in [-0.1, -0.05) is 0 Å². The lowest BCUT2D eigenvalue weighted by atomic mass is 9.94. The van der Waals surface area contributed by atoms with Crippen LogP contribution in [0.25, 0.3) is 11.3 Å². The second-order valence-corrected chi connectivity index (χ2v) is 7.75. The summed E-state index contributed by atoms with van der Waals surface area (Å²) in [4.78, 5) is 28.4. The number of ether oxygens (including phenoxy) is 1. The molecule has 1 aliphatic heterocycles. The topological polar surface area (TPSA) is 87.6 Å². The molecule has 1 saturated heterocycles. The molecule has 154 valence electrons. The summed E-state index contributed by atoms with van der Waals surface area (Å²) >= 11 is 0. The Morgan fingerprint density at radius 3 is 2.54 bits per heavy atom. The SMILES string of the molecule is COC1=c2c(=O)[nH]c(=O)n(C3CC3)c2=C(C)C(N2CC(CO)C(F)(F)C2)C1F. The van der Waals surface area contributed by atoms with Gasteiger partial charge in [-0.25, -0.2) is 18.0 Å². The van der Waals surface area contributed by atoms with Crippen LogP contribution in [0.4, 0.5) is 13.2 Å². The number of aromatic nitrogens is 2. The highest BCUT2D eigenvalue weighted by atomic mass is 19.3. The van der Waals surface area contributed by atoms with Crippen LogP contribution in [0.1, 0.15) is 25.8 Å². The number of rotatable bonds is 4. The molecule has 10 heteroatoms. The number of nitrogens with zero attached hydrogens (tertiary/aromatic N) is 2. The van der Waals surface area contributed by atoms with Crippen LogP contribution in [0.2, 0.25) is 0 Å². The molecule has 2 fully saturated rings. The zero-order valence-electron chi connectivity index (χ0n) is 15.5. The van der Waals surface area contributed by atoms with Crippen molar-refractivity contribution in [3.8, 4) is 0 Å². The van der Waals surface area contributed by atoms with E-state index >= 15 is 4.39 Å². The van der Waals surface area contributed by atoms with Crippen LogP contribution in [-0.2, 0) is 4.74 Å². The molecule has 28 heavy (non-hydrogen) atoms. The first-order chi connectivity index (χ1) is 13.2. The standard InChI is InChI=1S/C18H22F3N3O4/c1-8-13-11(16(26)22-17(27)24(13)10-3-4-10)15(28-2)12(19)14(8)23-5-9(6-25)18(20,21)7-23/h9-10,12,14,25H,3-7H2,1-2H3,(H,22,26,27). The maximum atomic E-state index is 15.4. The van der Waals surface area contributed by atoms with E-state index in [1.165, 1.54) is 16.6 Å². The number of nitrogens with one attached hydrogen (secondary N) is 1. The molecule has 1 aromatic heterocycles. The Kier molecular flexibility index (Phi) is 4.46. The van der Waals surface area contributed by atoms with Crippen LogP contribution in [0.15, 0.2) is 9.59 Å². The van der Waals surface area contributed by atoms with Gasteiger partial charge in [0.2, 0.25) is 0 Å². The summed E-state index contributed by atoms with van der Waals surface area (Å²) in [5.41, 5.74) is -1.01. The molecular formula is C18H22F3N3O4. The molecule has 1 aromatic rings. The average Bonchev–Trinajstić information content (AvgIpc) is 3.40. The van der Waals surface area contributed by atoms with Crippen LogP contribution in [-0.4, -0.2) is 64.5 Å². The first-order valence-electron chi connectivity index (χ1n) is 9.22. The third-order valence-corrected chi connectivity index (χ3v) is 5.95. The van der Waals surface area contributed by atoms with Crippen molar-refractivity contribution in [1.29, 1.82) is 0 Å². The van der Waals surface area contributed by atoms with Crippen molar-refractivity contribution < 1.29 is 23.0 Å². The lowest BCUT2D eigenvalue weighted by Crippen LogP contribution is -2.61. The Hall–Kier alpha value is -2.07. The Bertz CT molecular complexity index is 1040. The number of hydrogen-bond acceptors (Lipinski definition) is 5. The van der Waals surface area contributed by atoms with E-state index in [0.717, 1.165) is 12.8 Å². The van der Waals surface area contributed by atoms with Gasteiger partial charge < -0.3 is 9.84 Å². The second-order valence-electron chi connectivity index (χ2n) is 7.75. The summed E-state index contributed by atoms with van der Waals surface area (Å²) in [6, 6.07) is -1.23. The average molecular weight is 401 g/mol. The summed E-state index contributed by atoms with van der Waals surface area (Å²) in [5, 5.41) is 9.47. The highest BCUT2D eigenvalue weighted by Crippen LogP contribution is 2.38. The predicted molar refractivity (Wildman–Crippen MR) is 94.1 cm³/mol. The van der Waals surface area contributed by atoms with E-state index < -0.39 is 48.5 Å². The maximum absolute atomic E-state index is 15.4. The van der Waals surface area contributed by atoms with E-state index in [4.69, 9.17) is 4.74 Å². The second kappa shape index (κ2) is 6.48. The number of alkyl halides is 3. The minimum Gasteiger partial charge on any atom is -0.497 e. The molecule has 0 radical (unpaired) electrons. The number of methoxy groups -OCH3 is 1. The lowest BCUT2D eigenvalue weighted by molar-refractivity contribution is -0.0444. The van der Waals surface area contributed by atoms with Crippen LogP contribution >= 0.6 is 0 Å². The van der Waals surface area contributed by atoms with Gasteiger partial charge in [-0.3, -0.25) is 19.2 Å². The minimum absolute atomic E-state index is 0.0556. The molecule has 7 nitrogen and oxygen atoms in total. The Morgan fingerprint density at radius 1 is 1.32 bits per heavy atom. The third-order valence-electron chi connectivity index (χ3n) is 5.95. The zero-order chi connectivity index (χ0) is 20.4. The van der Waals surface area contributed by atoms with Crippen molar-refractivity contribution in [2.75, 3.05) is 26.8 Å². The zero-order valence-corrected chi connectivity index (χ0v) is 15.5. The van der Waals surface area contributed by atoms with Gasteiger partial charge in [-0.15, -0.1) is 0 Å². The van der Waals surface area contributed by atoms with E-state index in [-0.39, 0.29) is 28.9 Å². The summed E-state index contributed by atoms with van der Waals surface area (Å²) in [5.74, 6) is -4.73. The van der Waals surface area contributed by atoms with Gasteiger partial charge >= 0.3 is 5.69 Å². The van der Waals surface area contributed by atoms with Gasteiger partial charge in [0.05, 0.1) is 37.6 Å². The van der Waals surface area contributed by atoms with Crippen molar-refractivity contribution in [2.45, 2.75) is 43.9 Å². The monoisotopic (exact) mass is 401 g/mol. The number of H-pyrrole nitrogens is 1. The van der Waals surface area contributed by atoms with E-state index in [2.05, 4.69) is 4.98 Å². The van der Waals surface area contributed by atoms with E-state index in [9.17, 15) is 23.5 Å². The van der Waals surface area contributed by atoms with Gasteiger partial charge in [0, 0.05) is 12.6 Å². The number of likely N-dealkylation sites (tertiary alicyclic amines) is 1. The predicted octanol–water partition coefficient (Wildman–Crippen LogP) is -0.924. The fourth-order valence-electron chi connectivity index (χ4n) is 4.44. The van der Waals surface area contributed by atoms with E-state index in [0.29, 0.717) is 5.57 Å². The number of aliphatic hydroxyl groups is 1. The molecule has 2 heterocycles.